The zero-order chi connectivity index (χ0) is 20.4. The van der Waals surface area contributed by atoms with Crippen molar-refractivity contribution in [1.82, 2.24) is 10.6 Å². The lowest BCUT2D eigenvalue weighted by Gasteiger charge is -2.18. The van der Waals surface area contributed by atoms with Crippen LogP contribution in [0.25, 0.3) is 0 Å². The van der Waals surface area contributed by atoms with E-state index in [0.29, 0.717) is 19.4 Å². The van der Waals surface area contributed by atoms with Crippen molar-refractivity contribution in [1.29, 1.82) is 0 Å². The van der Waals surface area contributed by atoms with E-state index in [-0.39, 0.29) is 23.8 Å². The largest absolute Gasteiger partial charge is 0.478 e. The third-order valence-electron chi connectivity index (χ3n) is 4.32. The Morgan fingerprint density at radius 2 is 1.71 bits per heavy atom. The van der Waals surface area contributed by atoms with Gasteiger partial charge in [-0.25, -0.2) is 4.79 Å². The van der Waals surface area contributed by atoms with Crippen LogP contribution < -0.4 is 10.6 Å². The van der Waals surface area contributed by atoms with Gasteiger partial charge in [0, 0.05) is 6.54 Å². The number of hydrogen-bond acceptors (Lipinski definition) is 3. The van der Waals surface area contributed by atoms with E-state index in [4.69, 9.17) is 5.11 Å². The molecule has 2 rings (SSSR count). The zero-order valence-corrected chi connectivity index (χ0v) is 16.0. The fourth-order valence-corrected chi connectivity index (χ4v) is 2.90. The molecule has 1 atom stereocenters. The third kappa shape index (κ3) is 6.87. The molecule has 6 heteroatoms. The number of benzene rings is 2. The van der Waals surface area contributed by atoms with Crippen molar-refractivity contribution in [3.05, 3.63) is 71.3 Å². The molecule has 0 aliphatic heterocycles. The molecule has 0 radical (unpaired) electrons. The van der Waals surface area contributed by atoms with Gasteiger partial charge in [0.25, 0.3) is 0 Å². The van der Waals surface area contributed by atoms with Gasteiger partial charge in [-0.05, 0) is 36.1 Å². The van der Waals surface area contributed by atoms with Gasteiger partial charge in [-0.1, -0.05) is 55.8 Å². The number of hydrogen-bond donors (Lipinski definition) is 3. The van der Waals surface area contributed by atoms with E-state index in [2.05, 4.69) is 10.6 Å². The van der Waals surface area contributed by atoms with Crippen molar-refractivity contribution in [2.24, 2.45) is 0 Å². The Kier molecular flexibility index (Phi) is 8.21. The first-order valence-corrected chi connectivity index (χ1v) is 9.42. The van der Waals surface area contributed by atoms with Gasteiger partial charge in [0.1, 0.15) is 6.04 Å². The summed E-state index contributed by atoms with van der Waals surface area (Å²) in [5, 5.41) is 14.7. The Bertz CT molecular complexity index is 805. The molecule has 148 valence electrons. The Morgan fingerprint density at radius 1 is 1.00 bits per heavy atom. The van der Waals surface area contributed by atoms with Gasteiger partial charge in [0.2, 0.25) is 11.8 Å². The van der Waals surface area contributed by atoms with Crippen LogP contribution in [0.3, 0.4) is 0 Å². The maximum atomic E-state index is 12.5. The molecule has 0 bridgehead atoms. The van der Waals surface area contributed by atoms with Gasteiger partial charge in [-0.15, -0.1) is 0 Å². The zero-order valence-electron chi connectivity index (χ0n) is 16.0. The molecule has 2 aromatic carbocycles. The second-order valence-electron chi connectivity index (χ2n) is 6.62. The summed E-state index contributed by atoms with van der Waals surface area (Å²) in [6.07, 6.45) is 2.07. The Balaban J connectivity index is 1.85. The van der Waals surface area contributed by atoms with Gasteiger partial charge >= 0.3 is 5.97 Å². The predicted molar refractivity (Wildman–Crippen MR) is 107 cm³/mol. The number of carboxylic acids is 1. The molecule has 0 saturated carbocycles. The van der Waals surface area contributed by atoms with Crippen LogP contribution in [0.15, 0.2) is 54.6 Å². The van der Waals surface area contributed by atoms with Crippen molar-refractivity contribution in [3.63, 3.8) is 0 Å². The van der Waals surface area contributed by atoms with E-state index in [9.17, 15) is 14.4 Å². The van der Waals surface area contributed by atoms with Crippen LogP contribution in [0.4, 0.5) is 0 Å². The molecule has 0 fully saturated rings. The SMILES string of the molecule is CCCC(NC(=O)Cc1ccccc1)C(=O)NCCc1cccc(C(=O)O)c1. The molecule has 0 heterocycles. The number of carbonyl (C=O) groups is 3. The topological polar surface area (TPSA) is 95.5 Å². The molecule has 0 saturated heterocycles. The van der Waals surface area contributed by atoms with E-state index < -0.39 is 12.0 Å². The molecule has 0 aliphatic rings. The van der Waals surface area contributed by atoms with Crippen molar-refractivity contribution >= 4 is 17.8 Å². The standard InChI is InChI=1S/C22H26N2O4/c1-2-7-19(24-20(25)15-16-8-4-3-5-9-16)21(26)23-13-12-17-10-6-11-18(14-17)22(27)28/h3-6,8-11,14,19H,2,7,12-13,15H2,1H3,(H,23,26)(H,24,25)(H,27,28). The average molecular weight is 382 g/mol. The van der Waals surface area contributed by atoms with E-state index in [1.165, 1.54) is 6.07 Å². The summed E-state index contributed by atoms with van der Waals surface area (Å²) in [6, 6.07) is 15.4. The van der Waals surface area contributed by atoms with Crippen molar-refractivity contribution in [3.8, 4) is 0 Å². The van der Waals surface area contributed by atoms with Gasteiger partial charge in [0.15, 0.2) is 0 Å². The number of carbonyl (C=O) groups excluding carboxylic acids is 2. The first kappa shape index (κ1) is 21.2. The van der Waals surface area contributed by atoms with Crippen LogP contribution in [0.1, 0.15) is 41.3 Å². The molecule has 1 unspecified atom stereocenters. The normalized spacial score (nSPS) is 11.5. The van der Waals surface area contributed by atoms with Gasteiger partial charge in [0.05, 0.1) is 12.0 Å². The fraction of sp³-hybridized carbons (Fsp3) is 0.318. The van der Waals surface area contributed by atoms with Crippen LogP contribution in [0, 0.1) is 0 Å². The van der Waals surface area contributed by atoms with Crippen molar-refractivity contribution in [2.45, 2.75) is 38.6 Å². The maximum absolute atomic E-state index is 12.5. The molecular formula is C22H26N2O4. The highest BCUT2D eigenvalue weighted by Gasteiger charge is 2.19. The number of nitrogens with one attached hydrogen (secondary N) is 2. The molecule has 3 N–H and O–H groups in total. The van der Waals surface area contributed by atoms with E-state index >= 15 is 0 Å². The average Bonchev–Trinajstić information content (AvgIpc) is 2.68. The molecular weight excluding hydrogens is 356 g/mol. The van der Waals surface area contributed by atoms with Crippen molar-refractivity contribution in [2.75, 3.05) is 6.54 Å². The highest BCUT2D eigenvalue weighted by molar-refractivity contribution is 5.88. The van der Waals surface area contributed by atoms with Crippen LogP contribution in [-0.2, 0) is 22.4 Å². The van der Waals surface area contributed by atoms with Crippen molar-refractivity contribution < 1.29 is 19.5 Å². The monoisotopic (exact) mass is 382 g/mol. The van der Waals surface area contributed by atoms with Crippen LogP contribution in [-0.4, -0.2) is 35.5 Å². The van der Waals surface area contributed by atoms with Crippen LogP contribution in [0.2, 0.25) is 0 Å². The first-order valence-electron chi connectivity index (χ1n) is 9.42. The minimum atomic E-state index is -0.977. The first-order chi connectivity index (χ1) is 13.5. The Morgan fingerprint density at radius 3 is 2.39 bits per heavy atom. The minimum Gasteiger partial charge on any atom is -0.478 e. The number of carboxylic acid groups (broad SMARTS) is 1. The molecule has 0 aliphatic carbocycles. The quantitative estimate of drug-likeness (QED) is 0.588. The molecule has 28 heavy (non-hydrogen) atoms. The second-order valence-corrected chi connectivity index (χ2v) is 6.62. The highest BCUT2D eigenvalue weighted by Crippen LogP contribution is 2.06. The lowest BCUT2D eigenvalue weighted by atomic mass is 10.1. The van der Waals surface area contributed by atoms with Gasteiger partial charge in [-0.2, -0.15) is 0 Å². The molecule has 6 nitrogen and oxygen atoms in total. The Hall–Kier alpha value is -3.15. The predicted octanol–water partition coefficient (Wildman–Crippen LogP) is 2.57. The summed E-state index contributed by atoms with van der Waals surface area (Å²) in [6.45, 7) is 2.33. The molecule has 2 aromatic rings. The van der Waals surface area contributed by atoms with Crippen LogP contribution >= 0.6 is 0 Å². The lowest BCUT2D eigenvalue weighted by Crippen LogP contribution is -2.47. The summed E-state index contributed by atoms with van der Waals surface area (Å²) >= 11 is 0. The fourth-order valence-electron chi connectivity index (χ4n) is 2.90. The number of aromatic carboxylic acids is 1. The summed E-state index contributed by atoms with van der Waals surface area (Å²) in [7, 11) is 0. The second kappa shape index (κ2) is 10.9. The maximum Gasteiger partial charge on any atom is 0.335 e. The summed E-state index contributed by atoms with van der Waals surface area (Å²) in [4.78, 5) is 35.7. The number of amides is 2. The third-order valence-corrected chi connectivity index (χ3v) is 4.32. The number of rotatable bonds is 10. The molecule has 2 amide bonds. The highest BCUT2D eigenvalue weighted by atomic mass is 16.4. The van der Waals surface area contributed by atoms with E-state index in [1.54, 1.807) is 12.1 Å². The smallest absolute Gasteiger partial charge is 0.335 e. The summed E-state index contributed by atoms with van der Waals surface area (Å²) in [5.74, 6) is -1.39. The molecule has 0 aromatic heterocycles. The van der Waals surface area contributed by atoms with Gasteiger partial charge in [-0.3, -0.25) is 9.59 Å². The molecule has 0 spiro atoms. The minimum absolute atomic E-state index is 0.186. The van der Waals surface area contributed by atoms with Crippen LogP contribution in [0.5, 0.6) is 0 Å². The Labute approximate surface area is 165 Å². The lowest BCUT2D eigenvalue weighted by molar-refractivity contribution is -0.128. The van der Waals surface area contributed by atoms with E-state index in [0.717, 1.165) is 17.5 Å². The van der Waals surface area contributed by atoms with E-state index in [1.807, 2.05) is 43.3 Å². The summed E-state index contributed by atoms with van der Waals surface area (Å²) in [5.41, 5.74) is 1.95. The summed E-state index contributed by atoms with van der Waals surface area (Å²) < 4.78 is 0. The van der Waals surface area contributed by atoms with Gasteiger partial charge < -0.3 is 15.7 Å².